The van der Waals surface area contributed by atoms with Gasteiger partial charge in [0.2, 0.25) is 0 Å². The molecule has 7 heteroatoms. The summed E-state index contributed by atoms with van der Waals surface area (Å²) in [7, 11) is 4.83. The van der Waals surface area contributed by atoms with E-state index >= 15 is 0 Å². The van der Waals surface area contributed by atoms with Crippen LogP contribution in [0, 0.1) is 0 Å². The molecular formula is C14H17N3O4. The lowest BCUT2D eigenvalue weighted by molar-refractivity contribution is 0.0690. The molecule has 7 nitrogen and oxygen atoms in total. The van der Waals surface area contributed by atoms with Gasteiger partial charge in [-0.3, -0.25) is 4.68 Å². The Hall–Kier alpha value is -2.70. The summed E-state index contributed by atoms with van der Waals surface area (Å²) in [6.45, 7) is 0.416. The van der Waals surface area contributed by atoms with Gasteiger partial charge in [0.15, 0.2) is 5.69 Å². The summed E-state index contributed by atoms with van der Waals surface area (Å²) in [6.07, 6.45) is 1.62. The largest absolute Gasteiger partial charge is 0.497 e. The van der Waals surface area contributed by atoms with Crippen LogP contribution in [0.25, 0.3) is 0 Å². The highest BCUT2D eigenvalue weighted by molar-refractivity contribution is 5.91. The van der Waals surface area contributed by atoms with Gasteiger partial charge < -0.3 is 19.9 Å². The topological polar surface area (TPSA) is 85.6 Å². The number of benzene rings is 1. The molecule has 0 saturated heterocycles. The third-order valence-electron chi connectivity index (χ3n) is 2.99. The lowest BCUT2D eigenvalue weighted by atomic mass is 10.2. The van der Waals surface area contributed by atoms with Crippen molar-refractivity contribution in [2.75, 3.05) is 19.5 Å². The number of methoxy groups -OCH3 is 2. The van der Waals surface area contributed by atoms with Crippen molar-refractivity contribution in [3.8, 4) is 11.5 Å². The lowest BCUT2D eigenvalue weighted by Gasteiger charge is -2.11. The fraction of sp³-hybridized carbons (Fsp3) is 0.286. The van der Waals surface area contributed by atoms with Crippen LogP contribution in [0.2, 0.25) is 0 Å². The molecule has 0 amide bonds. The summed E-state index contributed by atoms with van der Waals surface area (Å²) in [5.41, 5.74) is 1.34. The molecule has 0 fully saturated rings. The average molecular weight is 291 g/mol. The van der Waals surface area contributed by atoms with Crippen LogP contribution in [-0.2, 0) is 13.6 Å². The van der Waals surface area contributed by atoms with Crippen molar-refractivity contribution in [1.82, 2.24) is 9.78 Å². The molecule has 1 aromatic heterocycles. The summed E-state index contributed by atoms with van der Waals surface area (Å²) in [4.78, 5) is 11.1. The molecule has 0 spiro atoms. The first-order valence-electron chi connectivity index (χ1n) is 6.27. The molecule has 112 valence electrons. The van der Waals surface area contributed by atoms with E-state index in [0.717, 1.165) is 5.56 Å². The highest BCUT2D eigenvalue weighted by atomic mass is 16.5. The Morgan fingerprint density at radius 3 is 2.76 bits per heavy atom. The van der Waals surface area contributed by atoms with Gasteiger partial charge in [-0.25, -0.2) is 4.79 Å². The van der Waals surface area contributed by atoms with E-state index in [4.69, 9.17) is 14.6 Å². The number of aromatic carboxylic acids is 1. The van der Waals surface area contributed by atoms with Gasteiger partial charge in [0.1, 0.15) is 11.5 Å². The van der Waals surface area contributed by atoms with E-state index in [2.05, 4.69) is 10.4 Å². The van der Waals surface area contributed by atoms with Crippen LogP contribution in [-0.4, -0.2) is 35.1 Å². The van der Waals surface area contributed by atoms with Gasteiger partial charge in [-0.05, 0) is 12.1 Å². The second kappa shape index (κ2) is 6.17. The number of carboxylic acid groups (broad SMARTS) is 1. The summed E-state index contributed by atoms with van der Waals surface area (Å²) in [5, 5.41) is 16.0. The summed E-state index contributed by atoms with van der Waals surface area (Å²) in [5.74, 6) is 0.297. The number of nitrogens with zero attached hydrogens (tertiary/aromatic N) is 2. The van der Waals surface area contributed by atoms with E-state index in [0.29, 0.717) is 23.7 Å². The zero-order valence-corrected chi connectivity index (χ0v) is 12.1. The van der Waals surface area contributed by atoms with Gasteiger partial charge in [0.25, 0.3) is 0 Å². The molecule has 0 aliphatic carbocycles. The predicted molar refractivity (Wildman–Crippen MR) is 77.0 cm³/mol. The van der Waals surface area contributed by atoms with E-state index in [1.165, 1.54) is 4.68 Å². The number of carbonyl (C=O) groups is 1. The van der Waals surface area contributed by atoms with Crippen LogP contribution in [0.1, 0.15) is 16.1 Å². The molecule has 21 heavy (non-hydrogen) atoms. The van der Waals surface area contributed by atoms with Crippen LogP contribution < -0.4 is 14.8 Å². The van der Waals surface area contributed by atoms with Crippen LogP contribution in [0.15, 0.2) is 24.4 Å². The molecule has 0 atom stereocenters. The van der Waals surface area contributed by atoms with Gasteiger partial charge in [-0.1, -0.05) is 0 Å². The summed E-state index contributed by atoms with van der Waals surface area (Å²) in [6, 6.07) is 5.46. The number of ether oxygens (including phenoxy) is 2. The Kier molecular flexibility index (Phi) is 4.32. The van der Waals surface area contributed by atoms with Crippen molar-refractivity contribution < 1.29 is 19.4 Å². The molecule has 0 unspecified atom stereocenters. The van der Waals surface area contributed by atoms with Gasteiger partial charge in [-0.15, -0.1) is 0 Å². The van der Waals surface area contributed by atoms with Gasteiger partial charge in [0.05, 0.1) is 19.9 Å². The Morgan fingerprint density at radius 1 is 1.38 bits per heavy atom. The maximum absolute atomic E-state index is 11.1. The molecule has 0 saturated carbocycles. The molecule has 2 rings (SSSR count). The highest BCUT2D eigenvalue weighted by Gasteiger charge is 2.15. The first-order chi connectivity index (χ1) is 10.0. The second-order valence-electron chi connectivity index (χ2n) is 4.40. The molecule has 2 aromatic rings. The Bertz CT molecular complexity index is 652. The first kappa shape index (κ1) is 14.7. The number of anilines is 1. The number of nitrogens with one attached hydrogen (secondary N) is 1. The molecule has 0 aliphatic heterocycles. The minimum absolute atomic E-state index is 0.00928. The van der Waals surface area contributed by atoms with Crippen molar-refractivity contribution >= 4 is 11.7 Å². The van der Waals surface area contributed by atoms with E-state index in [1.807, 2.05) is 12.1 Å². The van der Waals surface area contributed by atoms with Crippen molar-refractivity contribution in [3.05, 3.63) is 35.7 Å². The minimum atomic E-state index is -1.07. The average Bonchev–Trinajstić information content (AvgIpc) is 2.86. The minimum Gasteiger partial charge on any atom is -0.497 e. The number of aromatic nitrogens is 2. The quantitative estimate of drug-likeness (QED) is 0.843. The van der Waals surface area contributed by atoms with Crippen LogP contribution in [0.4, 0.5) is 5.69 Å². The first-order valence-corrected chi connectivity index (χ1v) is 6.27. The van der Waals surface area contributed by atoms with Crippen LogP contribution >= 0.6 is 0 Å². The van der Waals surface area contributed by atoms with Crippen LogP contribution in [0.5, 0.6) is 11.5 Å². The Morgan fingerprint density at radius 2 is 2.14 bits per heavy atom. The third-order valence-corrected chi connectivity index (χ3v) is 2.99. The Labute approximate surface area is 122 Å². The van der Waals surface area contributed by atoms with E-state index < -0.39 is 5.97 Å². The third kappa shape index (κ3) is 3.25. The smallest absolute Gasteiger partial charge is 0.358 e. The molecular weight excluding hydrogens is 274 g/mol. The lowest BCUT2D eigenvalue weighted by Crippen LogP contribution is -2.06. The fourth-order valence-electron chi connectivity index (χ4n) is 1.96. The second-order valence-corrected chi connectivity index (χ2v) is 4.40. The summed E-state index contributed by atoms with van der Waals surface area (Å²) >= 11 is 0. The SMILES string of the molecule is COc1ccc(CNc2cn(C)nc2C(=O)O)c(OC)c1. The normalized spacial score (nSPS) is 10.2. The monoisotopic (exact) mass is 291 g/mol. The van der Waals surface area contributed by atoms with Crippen LogP contribution in [0.3, 0.4) is 0 Å². The van der Waals surface area contributed by atoms with Gasteiger partial charge in [0, 0.05) is 31.4 Å². The maximum atomic E-state index is 11.1. The van der Waals surface area contributed by atoms with Crippen molar-refractivity contribution in [1.29, 1.82) is 0 Å². The molecule has 1 heterocycles. The standard InChI is InChI=1S/C14H17N3O4/c1-17-8-11(13(16-17)14(18)19)15-7-9-4-5-10(20-2)6-12(9)21-3/h4-6,8,15H,7H2,1-3H3,(H,18,19). The zero-order chi connectivity index (χ0) is 15.4. The fourth-order valence-corrected chi connectivity index (χ4v) is 1.96. The maximum Gasteiger partial charge on any atom is 0.358 e. The number of carboxylic acids is 1. The van der Waals surface area contributed by atoms with E-state index in [-0.39, 0.29) is 5.69 Å². The van der Waals surface area contributed by atoms with Gasteiger partial charge >= 0.3 is 5.97 Å². The van der Waals surface area contributed by atoms with E-state index in [9.17, 15) is 4.79 Å². The highest BCUT2D eigenvalue weighted by Crippen LogP contribution is 2.25. The zero-order valence-electron chi connectivity index (χ0n) is 12.1. The van der Waals surface area contributed by atoms with Crippen molar-refractivity contribution in [3.63, 3.8) is 0 Å². The van der Waals surface area contributed by atoms with Gasteiger partial charge in [-0.2, -0.15) is 5.10 Å². The Balaban J connectivity index is 2.18. The molecule has 1 aromatic carbocycles. The summed E-state index contributed by atoms with van der Waals surface area (Å²) < 4.78 is 11.9. The number of hydrogen-bond acceptors (Lipinski definition) is 5. The number of aryl methyl sites for hydroxylation is 1. The van der Waals surface area contributed by atoms with Crippen molar-refractivity contribution in [2.24, 2.45) is 7.05 Å². The molecule has 0 radical (unpaired) electrons. The number of hydrogen-bond donors (Lipinski definition) is 2. The number of rotatable bonds is 6. The van der Waals surface area contributed by atoms with Crippen molar-refractivity contribution in [2.45, 2.75) is 6.54 Å². The molecule has 0 aliphatic rings. The molecule has 2 N–H and O–H groups in total. The molecule has 0 bridgehead atoms. The van der Waals surface area contributed by atoms with E-state index in [1.54, 1.807) is 33.5 Å². The predicted octanol–water partition coefficient (Wildman–Crippen LogP) is 1.75.